The molecule has 0 bridgehead atoms. The molecule has 3 rings (SSSR count). The summed E-state index contributed by atoms with van der Waals surface area (Å²) in [6, 6.07) is 11.9. The molecule has 10 heteroatoms. The highest BCUT2D eigenvalue weighted by Gasteiger charge is 2.23. The molecular formula is C24H24FN3O5S. The van der Waals surface area contributed by atoms with Crippen molar-refractivity contribution in [1.82, 2.24) is 9.29 Å². The minimum absolute atomic E-state index is 0.0265. The van der Waals surface area contributed by atoms with E-state index in [4.69, 9.17) is 9.47 Å². The number of pyridine rings is 1. The first-order valence-corrected chi connectivity index (χ1v) is 11.7. The van der Waals surface area contributed by atoms with E-state index in [0.717, 1.165) is 4.31 Å². The number of hydrogen-bond donors (Lipinski definition) is 1. The van der Waals surface area contributed by atoms with Gasteiger partial charge in [0.15, 0.2) is 11.6 Å². The van der Waals surface area contributed by atoms with E-state index < -0.39 is 21.7 Å². The summed E-state index contributed by atoms with van der Waals surface area (Å²) >= 11 is 0. The molecule has 1 amide bonds. The fourth-order valence-corrected chi connectivity index (χ4v) is 3.90. The van der Waals surface area contributed by atoms with Gasteiger partial charge in [-0.25, -0.2) is 17.1 Å². The summed E-state index contributed by atoms with van der Waals surface area (Å²) in [6.07, 6.45) is 5.69. The number of rotatable bonds is 9. The predicted octanol–water partition coefficient (Wildman–Crippen LogP) is 4.31. The van der Waals surface area contributed by atoms with Gasteiger partial charge in [-0.1, -0.05) is 6.07 Å². The number of ether oxygens (including phenoxy) is 2. The average Bonchev–Trinajstić information content (AvgIpc) is 2.81. The van der Waals surface area contributed by atoms with Crippen molar-refractivity contribution in [3.8, 4) is 17.2 Å². The zero-order chi connectivity index (χ0) is 24.7. The number of aromatic nitrogens is 1. The molecule has 8 nitrogen and oxygen atoms in total. The molecule has 1 N–H and O–H groups in total. The molecule has 1 aromatic heterocycles. The quantitative estimate of drug-likeness (QED) is 0.454. The minimum atomic E-state index is -3.79. The number of amides is 1. The summed E-state index contributed by atoms with van der Waals surface area (Å²) < 4.78 is 51.5. The number of sulfonamides is 1. The number of carbonyl (C=O) groups excluding carboxylic acids is 1. The van der Waals surface area contributed by atoms with Gasteiger partial charge in [-0.3, -0.25) is 9.78 Å². The van der Waals surface area contributed by atoms with Crippen molar-refractivity contribution in [3.63, 3.8) is 0 Å². The van der Waals surface area contributed by atoms with E-state index in [9.17, 15) is 17.6 Å². The lowest BCUT2D eigenvalue weighted by Crippen LogP contribution is -2.23. The Bertz CT molecular complexity index is 1300. The van der Waals surface area contributed by atoms with Gasteiger partial charge in [0.2, 0.25) is 15.9 Å². The summed E-state index contributed by atoms with van der Waals surface area (Å²) in [4.78, 5) is 16.2. The third-order valence-corrected chi connectivity index (χ3v) is 6.35. The van der Waals surface area contributed by atoms with Crippen molar-refractivity contribution in [2.45, 2.75) is 11.8 Å². The predicted molar refractivity (Wildman–Crippen MR) is 127 cm³/mol. The van der Waals surface area contributed by atoms with Crippen LogP contribution in [0, 0.1) is 5.82 Å². The molecule has 0 aliphatic heterocycles. The smallest absolute Gasteiger partial charge is 0.248 e. The van der Waals surface area contributed by atoms with E-state index in [1.807, 2.05) is 0 Å². The Kier molecular flexibility index (Phi) is 7.98. The normalized spacial score (nSPS) is 11.6. The lowest BCUT2D eigenvalue weighted by molar-refractivity contribution is -0.111. The van der Waals surface area contributed by atoms with Crippen LogP contribution < -0.4 is 14.8 Å². The highest BCUT2D eigenvalue weighted by molar-refractivity contribution is 7.89. The lowest BCUT2D eigenvalue weighted by Gasteiger charge is -2.16. The third kappa shape index (κ3) is 6.18. The van der Waals surface area contributed by atoms with Crippen LogP contribution in [0.25, 0.3) is 6.08 Å². The Morgan fingerprint density at radius 1 is 1.15 bits per heavy atom. The van der Waals surface area contributed by atoms with Gasteiger partial charge in [-0.05, 0) is 61.0 Å². The molecule has 0 unspecified atom stereocenters. The van der Waals surface area contributed by atoms with Crippen molar-refractivity contribution < 1.29 is 27.1 Å². The Balaban J connectivity index is 1.73. The van der Waals surface area contributed by atoms with Crippen LogP contribution in [0.3, 0.4) is 0 Å². The van der Waals surface area contributed by atoms with Gasteiger partial charge in [-0.2, -0.15) is 0 Å². The number of halogens is 1. The molecule has 0 radical (unpaired) electrons. The van der Waals surface area contributed by atoms with Gasteiger partial charge < -0.3 is 14.8 Å². The summed E-state index contributed by atoms with van der Waals surface area (Å²) in [7, 11) is -0.977. The van der Waals surface area contributed by atoms with Crippen LogP contribution in [0.1, 0.15) is 12.5 Å². The summed E-state index contributed by atoms with van der Waals surface area (Å²) in [5.74, 6) is -0.507. The Hall–Kier alpha value is -3.76. The largest absolute Gasteiger partial charge is 0.492 e. The zero-order valence-corrected chi connectivity index (χ0v) is 19.7. The number of carbonyl (C=O) groups is 1. The van der Waals surface area contributed by atoms with E-state index in [2.05, 4.69) is 10.3 Å². The molecule has 0 aliphatic carbocycles. The standard InChI is InChI=1S/C24H24FN3O5S/c1-4-32-22-11-9-18(15-23(22)34(30,31)28(2)3)27-24(29)12-8-17-7-10-21(20(25)14-17)33-19-6-5-13-26-16-19/h5-16H,4H2,1-3H3,(H,27,29)/b12-8+. The maximum atomic E-state index is 14.4. The molecule has 3 aromatic rings. The molecule has 0 aliphatic rings. The molecule has 34 heavy (non-hydrogen) atoms. The number of nitrogens with one attached hydrogen (secondary N) is 1. The average molecular weight is 486 g/mol. The van der Waals surface area contributed by atoms with Gasteiger partial charge in [-0.15, -0.1) is 0 Å². The van der Waals surface area contributed by atoms with E-state index in [1.54, 1.807) is 31.3 Å². The Morgan fingerprint density at radius 2 is 1.91 bits per heavy atom. The van der Waals surface area contributed by atoms with E-state index in [1.165, 1.54) is 62.8 Å². The Morgan fingerprint density at radius 3 is 2.56 bits per heavy atom. The van der Waals surface area contributed by atoms with Crippen molar-refractivity contribution in [2.75, 3.05) is 26.0 Å². The first kappa shape index (κ1) is 24.9. The first-order chi connectivity index (χ1) is 16.2. The second kappa shape index (κ2) is 10.9. The fraction of sp³-hybridized carbons (Fsp3) is 0.167. The van der Waals surface area contributed by atoms with E-state index in [0.29, 0.717) is 11.3 Å². The van der Waals surface area contributed by atoms with Crippen molar-refractivity contribution in [3.05, 3.63) is 78.4 Å². The number of anilines is 1. The van der Waals surface area contributed by atoms with Crippen LogP contribution in [-0.2, 0) is 14.8 Å². The molecule has 178 valence electrons. The molecule has 0 spiro atoms. The van der Waals surface area contributed by atoms with E-state index >= 15 is 0 Å². The van der Waals surface area contributed by atoms with Crippen molar-refractivity contribution in [1.29, 1.82) is 0 Å². The highest BCUT2D eigenvalue weighted by atomic mass is 32.2. The van der Waals surface area contributed by atoms with Crippen LogP contribution in [0.5, 0.6) is 17.2 Å². The SMILES string of the molecule is CCOc1ccc(NC(=O)/C=C/c2ccc(Oc3cccnc3)c(F)c2)cc1S(=O)(=O)N(C)C. The van der Waals surface area contributed by atoms with Gasteiger partial charge >= 0.3 is 0 Å². The van der Waals surface area contributed by atoms with Crippen LogP contribution in [0.15, 0.2) is 71.9 Å². The zero-order valence-electron chi connectivity index (χ0n) is 18.9. The van der Waals surface area contributed by atoms with Crippen LogP contribution in [0.4, 0.5) is 10.1 Å². The van der Waals surface area contributed by atoms with Crippen LogP contribution in [0.2, 0.25) is 0 Å². The molecule has 0 saturated carbocycles. The second-order valence-corrected chi connectivity index (χ2v) is 9.31. The second-order valence-electron chi connectivity index (χ2n) is 7.19. The van der Waals surface area contributed by atoms with Gasteiger partial charge in [0, 0.05) is 32.1 Å². The van der Waals surface area contributed by atoms with Gasteiger partial charge in [0.1, 0.15) is 16.4 Å². The molecule has 0 fully saturated rings. The fourth-order valence-electron chi connectivity index (χ4n) is 2.85. The maximum Gasteiger partial charge on any atom is 0.248 e. The maximum absolute atomic E-state index is 14.4. The summed E-state index contributed by atoms with van der Waals surface area (Å²) in [5.41, 5.74) is 0.707. The van der Waals surface area contributed by atoms with Crippen molar-refractivity contribution in [2.24, 2.45) is 0 Å². The molecule has 0 saturated heterocycles. The molecule has 1 heterocycles. The van der Waals surface area contributed by atoms with Crippen LogP contribution in [-0.4, -0.2) is 44.3 Å². The van der Waals surface area contributed by atoms with Crippen LogP contribution >= 0.6 is 0 Å². The first-order valence-electron chi connectivity index (χ1n) is 10.3. The van der Waals surface area contributed by atoms with E-state index in [-0.39, 0.29) is 28.7 Å². The van der Waals surface area contributed by atoms with Gasteiger partial charge in [0.25, 0.3) is 0 Å². The summed E-state index contributed by atoms with van der Waals surface area (Å²) in [5, 5.41) is 2.60. The summed E-state index contributed by atoms with van der Waals surface area (Å²) in [6.45, 7) is 2.03. The highest BCUT2D eigenvalue weighted by Crippen LogP contribution is 2.29. The number of benzene rings is 2. The topological polar surface area (TPSA) is 97.8 Å². The third-order valence-electron chi connectivity index (χ3n) is 4.52. The molecular weight excluding hydrogens is 461 g/mol. The van der Waals surface area contributed by atoms with Crippen molar-refractivity contribution >= 4 is 27.7 Å². The monoisotopic (exact) mass is 485 g/mol. The Labute approximate surface area is 197 Å². The lowest BCUT2D eigenvalue weighted by atomic mass is 10.2. The number of hydrogen-bond acceptors (Lipinski definition) is 6. The van der Waals surface area contributed by atoms with Gasteiger partial charge in [0.05, 0.1) is 12.8 Å². The molecule has 0 atom stereocenters. The minimum Gasteiger partial charge on any atom is -0.492 e. The molecule has 2 aromatic carbocycles. The number of nitrogens with zero attached hydrogens (tertiary/aromatic N) is 2.